The molecule has 4 heteroatoms. The Morgan fingerprint density at radius 1 is 1.28 bits per heavy atom. The molecule has 2 heterocycles. The van der Waals surface area contributed by atoms with Gasteiger partial charge in [0.05, 0.1) is 12.2 Å². The number of hydrogen-bond donors (Lipinski definition) is 1. The Bertz CT molecular complexity index is 543. The minimum atomic E-state index is 0.793. The highest BCUT2D eigenvalue weighted by molar-refractivity contribution is 5.37. The third kappa shape index (κ3) is 2.53. The molecule has 0 radical (unpaired) electrons. The maximum absolute atomic E-state index is 4.56. The lowest BCUT2D eigenvalue weighted by atomic mass is 10.2. The van der Waals surface area contributed by atoms with Crippen LogP contribution in [0.5, 0.6) is 0 Å². The maximum Gasteiger partial charge on any atom is 0.126 e. The Kier molecular flexibility index (Phi) is 3.65. The van der Waals surface area contributed by atoms with Crippen LogP contribution in [0.1, 0.15) is 29.4 Å². The number of pyridine rings is 1. The second-order valence-electron chi connectivity index (χ2n) is 4.53. The van der Waals surface area contributed by atoms with Crippen molar-refractivity contribution in [3.05, 3.63) is 40.8 Å². The summed E-state index contributed by atoms with van der Waals surface area (Å²) in [7, 11) is 0. The van der Waals surface area contributed by atoms with Crippen LogP contribution in [0.25, 0.3) is 0 Å². The van der Waals surface area contributed by atoms with Crippen molar-refractivity contribution in [2.24, 2.45) is 0 Å². The van der Waals surface area contributed by atoms with Crippen molar-refractivity contribution >= 4 is 5.82 Å². The molecule has 0 atom stereocenters. The van der Waals surface area contributed by atoms with Gasteiger partial charge in [0, 0.05) is 18.4 Å². The number of aryl methyl sites for hydroxylation is 1. The third-order valence-electron chi connectivity index (χ3n) is 3.26. The predicted molar refractivity (Wildman–Crippen MR) is 73.9 cm³/mol. The lowest BCUT2D eigenvalue weighted by Gasteiger charge is -2.07. The van der Waals surface area contributed by atoms with Gasteiger partial charge in [-0.1, -0.05) is 0 Å². The topological polar surface area (TPSA) is 42.7 Å². The van der Waals surface area contributed by atoms with Gasteiger partial charge in [-0.25, -0.2) is 4.98 Å². The van der Waals surface area contributed by atoms with E-state index in [9.17, 15) is 0 Å². The lowest BCUT2D eigenvalue weighted by Crippen LogP contribution is -2.06. The van der Waals surface area contributed by atoms with Crippen molar-refractivity contribution in [2.75, 3.05) is 11.9 Å². The van der Waals surface area contributed by atoms with E-state index in [4.69, 9.17) is 0 Å². The van der Waals surface area contributed by atoms with Crippen molar-refractivity contribution in [1.82, 2.24) is 14.8 Å². The number of nitrogens with zero attached hydrogens (tertiary/aromatic N) is 3. The second-order valence-corrected chi connectivity index (χ2v) is 4.53. The van der Waals surface area contributed by atoms with E-state index >= 15 is 0 Å². The summed E-state index contributed by atoms with van der Waals surface area (Å²) in [4.78, 5) is 4.28. The highest BCUT2D eigenvalue weighted by atomic mass is 15.3. The average molecular weight is 244 g/mol. The molecular weight excluding hydrogens is 224 g/mol. The monoisotopic (exact) mass is 244 g/mol. The molecule has 0 bridgehead atoms. The van der Waals surface area contributed by atoms with Crippen LogP contribution >= 0.6 is 0 Å². The Balaban J connectivity index is 2.23. The Labute approximate surface area is 108 Å². The molecule has 2 aromatic rings. The summed E-state index contributed by atoms with van der Waals surface area (Å²) in [5.41, 5.74) is 4.82. The van der Waals surface area contributed by atoms with Gasteiger partial charge in [0.1, 0.15) is 5.82 Å². The van der Waals surface area contributed by atoms with Gasteiger partial charge in [-0.15, -0.1) is 0 Å². The molecule has 0 saturated heterocycles. The van der Waals surface area contributed by atoms with Gasteiger partial charge in [-0.3, -0.25) is 4.68 Å². The zero-order chi connectivity index (χ0) is 13.1. The molecular formula is C14H20N4. The fourth-order valence-corrected chi connectivity index (χ4v) is 1.96. The van der Waals surface area contributed by atoms with Crippen LogP contribution in [0, 0.1) is 20.8 Å². The molecule has 0 aromatic carbocycles. The fraction of sp³-hybridized carbons (Fsp3) is 0.429. The first-order chi connectivity index (χ1) is 8.61. The Morgan fingerprint density at radius 2 is 2.06 bits per heavy atom. The molecule has 0 saturated carbocycles. The van der Waals surface area contributed by atoms with Crippen LogP contribution in [0.2, 0.25) is 0 Å². The molecule has 2 rings (SSSR count). The van der Waals surface area contributed by atoms with Crippen molar-refractivity contribution in [2.45, 2.75) is 34.2 Å². The summed E-state index contributed by atoms with van der Waals surface area (Å²) in [5, 5.41) is 7.78. The second kappa shape index (κ2) is 5.21. The molecule has 0 fully saturated rings. The van der Waals surface area contributed by atoms with E-state index in [1.54, 1.807) is 0 Å². The summed E-state index contributed by atoms with van der Waals surface area (Å²) >= 11 is 0. The Hall–Kier alpha value is -1.84. The lowest BCUT2D eigenvalue weighted by molar-refractivity contribution is 0.658. The first-order valence-corrected chi connectivity index (χ1v) is 6.31. The van der Waals surface area contributed by atoms with Gasteiger partial charge >= 0.3 is 0 Å². The largest absolute Gasteiger partial charge is 0.370 e. The molecule has 1 N–H and O–H groups in total. The third-order valence-corrected chi connectivity index (χ3v) is 3.26. The SMILES string of the molecule is CCNc1cc(Cn2nc(C)c(C)c2C)ccn1. The van der Waals surface area contributed by atoms with Gasteiger partial charge in [0.2, 0.25) is 0 Å². The van der Waals surface area contributed by atoms with Crippen LogP contribution in [-0.2, 0) is 6.54 Å². The molecule has 0 amide bonds. The predicted octanol–water partition coefficient (Wildman–Crippen LogP) is 2.68. The van der Waals surface area contributed by atoms with E-state index in [2.05, 4.69) is 53.8 Å². The van der Waals surface area contributed by atoms with E-state index in [1.165, 1.54) is 16.8 Å². The zero-order valence-electron chi connectivity index (χ0n) is 11.5. The highest BCUT2D eigenvalue weighted by Crippen LogP contribution is 2.14. The normalized spacial score (nSPS) is 10.7. The van der Waals surface area contributed by atoms with E-state index < -0.39 is 0 Å². The van der Waals surface area contributed by atoms with Gasteiger partial charge in [-0.2, -0.15) is 5.10 Å². The Morgan fingerprint density at radius 3 is 2.67 bits per heavy atom. The van der Waals surface area contributed by atoms with Gasteiger partial charge in [0.15, 0.2) is 0 Å². The number of aromatic nitrogens is 3. The van der Waals surface area contributed by atoms with Crippen molar-refractivity contribution in [3.63, 3.8) is 0 Å². The highest BCUT2D eigenvalue weighted by Gasteiger charge is 2.07. The minimum Gasteiger partial charge on any atom is -0.370 e. The molecule has 2 aromatic heterocycles. The van der Waals surface area contributed by atoms with E-state index in [0.29, 0.717) is 0 Å². The molecule has 0 spiro atoms. The number of rotatable bonds is 4. The van der Waals surface area contributed by atoms with Gasteiger partial charge in [-0.05, 0) is 51.0 Å². The van der Waals surface area contributed by atoms with E-state index in [0.717, 1.165) is 24.6 Å². The molecule has 96 valence electrons. The van der Waals surface area contributed by atoms with Crippen LogP contribution < -0.4 is 5.32 Å². The summed E-state index contributed by atoms with van der Waals surface area (Å²) in [6.45, 7) is 10.0. The number of nitrogens with one attached hydrogen (secondary N) is 1. The van der Waals surface area contributed by atoms with Crippen LogP contribution in [0.15, 0.2) is 18.3 Å². The molecule has 0 aliphatic rings. The molecule has 4 nitrogen and oxygen atoms in total. The first-order valence-electron chi connectivity index (χ1n) is 6.31. The van der Waals surface area contributed by atoms with Crippen molar-refractivity contribution < 1.29 is 0 Å². The van der Waals surface area contributed by atoms with Crippen LogP contribution in [0.4, 0.5) is 5.82 Å². The average Bonchev–Trinajstić information content (AvgIpc) is 2.58. The number of hydrogen-bond acceptors (Lipinski definition) is 3. The van der Waals surface area contributed by atoms with E-state index in [1.807, 2.05) is 12.3 Å². The van der Waals surface area contributed by atoms with Crippen LogP contribution in [-0.4, -0.2) is 21.3 Å². The molecule has 0 unspecified atom stereocenters. The molecule has 18 heavy (non-hydrogen) atoms. The molecule has 0 aliphatic carbocycles. The fourth-order valence-electron chi connectivity index (χ4n) is 1.96. The van der Waals surface area contributed by atoms with Crippen molar-refractivity contribution in [3.8, 4) is 0 Å². The van der Waals surface area contributed by atoms with E-state index in [-0.39, 0.29) is 0 Å². The summed E-state index contributed by atoms with van der Waals surface area (Å²) in [6, 6.07) is 4.11. The summed E-state index contributed by atoms with van der Waals surface area (Å²) in [5.74, 6) is 0.924. The summed E-state index contributed by atoms with van der Waals surface area (Å²) < 4.78 is 2.05. The maximum atomic E-state index is 4.56. The van der Waals surface area contributed by atoms with Gasteiger partial charge in [0.25, 0.3) is 0 Å². The van der Waals surface area contributed by atoms with Crippen LogP contribution in [0.3, 0.4) is 0 Å². The quantitative estimate of drug-likeness (QED) is 0.899. The van der Waals surface area contributed by atoms with Crippen molar-refractivity contribution in [1.29, 1.82) is 0 Å². The first kappa shape index (κ1) is 12.6. The summed E-state index contributed by atoms with van der Waals surface area (Å²) in [6.07, 6.45) is 1.84. The zero-order valence-corrected chi connectivity index (χ0v) is 11.5. The standard InChI is InChI=1S/C14H20N4/c1-5-15-14-8-13(6-7-16-14)9-18-12(4)10(2)11(3)17-18/h6-8H,5,9H2,1-4H3,(H,15,16). The number of anilines is 1. The van der Waals surface area contributed by atoms with Gasteiger partial charge < -0.3 is 5.32 Å². The smallest absolute Gasteiger partial charge is 0.126 e. The molecule has 0 aliphatic heterocycles. The minimum absolute atomic E-state index is 0.793.